The Labute approximate surface area is 129 Å². The number of benzene rings is 1. The van der Waals surface area contributed by atoms with Gasteiger partial charge in [0.2, 0.25) is 11.8 Å². The number of nitrogens with one attached hydrogen (secondary N) is 1. The van der Waals surface area contributed by atoms with Gasteiger partial charge in [-0.05, 0) is 23.6 Å². The van der Waals surface area contributed by atoms with Gasteiger partial charge in [-0.15, -0.1) is 0 Å². The molecule has 22 heavy (non-hydrogen) atoms. The van der Waals surface area contributed by atoms with Gasteiger partial charge in [0.05, 0.1) is 5.52 Å². The summed E-state index contributed by atoms with van der Waals surface area (Å²) in [5.41, 5.74) is 7.12. The molecule has 118 valence electrons. The number of rotatable bonds is 5. The van der Waals surface area contributed by atoms with E-state index in [2.05, 4.69) is 5.32 Å². The first-order chi connectivity index (χ1) is 10.4. The quantitative estimate of drug-likeness (QED) is 0.872. The Morgan fingerprint density at radius 1 is 1.32 bits per heavy atom. The lowest BCUT2D eigenvalue weighted by Gasteiger charge is -2.13. The van der Waals surface area contributed by atoms with Gasteiger partial charge in [0.1, 0.15) is 6.54 Å². The Hall–Kier alpha value is -2.34. The van der Waals surface area contributed by atoms with Crippen molar-refractivity contribution in [2.45, 2.75) is 13.5 Å². The average molecular weight is 302 g/mol. The van der Waals surface area contributed by atoms with E-state index in [4.69, 9.17) is 5.73 Å². The van der Waals surface area contributed by atoms with Gasteiger partial charge >= 0.3 is 0 Å². The van der Waals surface area contributed by atoms with Crippen molar-refractivity contribution < 1.29 is 9.59 Å². The van der Waals surface area contributed by atoms with Crippen molar-refractivity contribution in [3.8, 4) is 0 Å². The second-order valence-electron chi connectivity index (χ2n) is 5.63. The van der Waals surface area contributed by atoms with E-state index >= 15 is 0 Å². The van der Waals surface area contributed by atoms with Gasteiger partial charge in [-0.3, -0.25) is 9.59 Å². The van der Waals surface area contributed by atoms with E-state index in [9.17, 15) is 9.59 Å². The van der Waals surface area contributed by atoms with Gasteiger partial charge in [-0.2, -0.15) is 0 Å². The second kappa shape index (κ2) is 6.62. The Morgan fingerprint density at radius 3 is 2.68 bits per heavy atom. The number of amides is 2. The van der Waals surface area contributed by atoms with Crippen molar-refractivity contribution >= 4 is 28.4 Å². The van der Waals surface area contributed by atoms with Crippen LogP contribution in [-0.4, -0.2) is 41.9 Å². The van der Waals surface area contributed by atoms with Gasteiger partial charge in [0.15, 0.2) is 0 Å². The second-order valence-corrected chi connectivity index (χ2v) is 5.63. The molecule has 0 saturated carbocycles. The highest BCUT2D eigenvalue weighted by Gasteiger charge is 2.12. The smallest absolute Gasteiger partial charge is 0.241 e. The maximum atomic E-state index is 11.9. The fraction of sp³-hybridized carbons (Fsp3) is 0.375. The minimum Gasteiger partial charge on any atom is -0.347 e. The Bertz CT molecular complexity index is 691. The van der Waals surface area contributed by atoms with E-state index < -0.39 is 0 Å². The van der Waals surface area contributed by atoms with Crippen LogP contribution < -0.4 is 11.1 Å². The molecule has 1 unspecified atom stereocenters. The summed E-state index contributed by atoms with van der Waals surface area (Å²) in [5.74, 6) is -0.328. The monoisotopic (exact) mass is 302 g/mol. The van der Waals surface area contributed by atoms with Crippen molar-refractivity contribution in [1.82, 2.24) is 9.47 Å². The molecule has 0 fully saturated rings. The fourth-order valence-electron chi connectivity index (χ4n) is 2.06. The first-order valence-electron chi connectivity index (χ1n) is 7.22. The normalized spacial score (nSPS) is 12.2. The molecular weight excluding hydrogens is 280 g/mol. The summed E-state index contributed by atoms with van der Waals surface area (Å²) < 4.78 is 1.87. The molecule has 0 spiro atoms. The van der Waals surface area contributed by atoms with Crippen molar-refractivity contribution in [3.05, 3.63) is 30.5 Å². The van der Waals surface area contributed by atoms with Crippen molar-refractivity contribution in [3.63, 3.8) is 0 Å². The molecule has 2 rings (SSSR count). The summed E-state index contributed by atoms with van der Waals surface area (Å²) in [6, 6.07) is 7.60. The number of hydrogen-bond acceptors (Lipinski definition) is 3. The molecule has 6 nitrogen and oxygen atoms in total. The third-order valence-electron chi connectivity index (χ3n) is 3.65. The van der Waals surface area contributed by atoms with Crippen molar-refractivity contribution in [2.24, 2.45) is 11.7 Å². The molecule has 0 aliphatic rings. The predicted octanol–water partition coefficient (Wildman–Crippen LogP) is 1.26. The lowest BCUT2D eigenvalue weighted by atomic mass is 10.1. The lowest BCUT2D eigenvalue weighted by Crippen LogP contribution is -2.26. The lowest BCUT2D eigenvalue weighted by molar-refractivity contribution is -0.129. The van der Waals surface area contributed by atoms with Crippen LogP contribution in [0.5, 0.6) is 0 Å². The number of carbonyl (C=O) groups is 2. The van der Waals surface area contributed by atoms with E-state index in [-0.39, 0.29) is 24.3 Å². The molecule has 0 radical (unpaired) electrons. The summed E-state index contributed by atoms with van der Waals surface area (Å²) in [4.78, 5) is 25.3. The average Bonchev–Trinajstić information content (AvgIpc) is 2.88. The minimum absolute atomic E-state index is 0.0173. The standard InChI is InChI=1S/C16H22N4O2/c1-11(9-17)16(22)18-13-5-4-12-6-7-20(14(12)8-13)10-15(21)19(2)3/h4-8,11H,9-10,17H2,1-3H3,(H,18,22). The summed E-state index contributed by atoms with van der Waals surface area (Å²) in [5, 5.41) is 3.87. The number of anilines is 1. The summed E-state index contributed by atoms with van der Waals surface area (Å²) in [6.45, 7) is 2.36. The Kier molecular flexibility index (Phi) is 4.82. The van der Waals surface area contributed by atoms with Crippen LogP contribution in [-0.2, 0) is 16.1 Å². The zero-order valence-electron chi connectivity index (χ0n) is 13.2. The molecule has 1 heterocycles. The molecule has 2 amide bonds. The van der Waals surface area contributed by atoms with Crippen LogP contribution in [0.1, 0.15) is 6.92 Å². The molecule has 1 aromatic carbocycles. The van der Waals surface area contributed by atoms with E-state index in [1.54, 1.807) is 25.9 Å². The van der Waals surface area contributed by atoms with E-state index in [1.165, 1.54) is 0 Å². The molecular formula is C16H22N4O2. The highest BCUT2D eigenvalue weighted by atomic mass is 16.2. The SMILES string of the molecule is CC(CN)C(=O)Nc1ccc2ccn(CC(=O)N(C)C)c2c1. The first kappa shape index (κ1) is 16.0. The molecule has 1 aromatic heterocycles. The summed E-state index contributed by atoms with van der Waals surface area (Å²) in [6.07, 6.45) is 1.88. The summed E-state index contributed by atoms with van der Waals surface area (Å²) in [7, 11) is 3.46. The van der Waals surface area contributed by atoms with Gasteiger partial charge in [-0.1, -0.05) is 13.0 Å². The van der Waals surface area contributed by atoms with Crippen molar-refractivity contribution in [2.75, 3.05) is 26.0 Å². The maximum absolute atomic E-state index is 11.9. The minimum atomic E-state index is -0.238. The van der Waals surface area contributed by atoms with E-state index in [1.807, 2.05) is 35.0 Å². The number of nitrogens with zero attached hydrogens (tertiary/aromatic N) is 2. The predicted molar refractivity (Wildman–Crippen MR) is 87.5 cm³/mol. The molecule has 3 N–H and O–H groups in total. The Balaban J connectivity index is 2.25. The third-order valence-corrected chi connectivity index (χ3v) is 3.65. The maximum Gasteiger partial charge on any atom is 0.241 e. The van der Waals surface area contributed by atoms with E-state index in [0.29, 0.717) is 12.2 Å². The van der Waals surface area contributed by atoms with Gasteiger partial charge in [0.25, 0.3) is 0 Å². The van der Waals surface area contributed by atoms with Crippen LogP contribution in [0.15, 0.2) is 30.5 Å². The highest BCUT2D eigenvalue weighted by molar-refractivity contribution is 5.95. The molecule has 1 atom stereocenters. The molecule has 0 bridgehead atoms. The molecule has 2 aromatic rings. The zero-order chi connectivity index (χ0) is 16.3. The Morgan fingerprint density at radius 2 is 2.05 bits per heavy atom. The summed E-state index contributed by atoms with van der Waals surface area (Å²) >= 11 is 0. The number of nitrogens with two attached hydrogens (primary N) is 1. The number of carbonyl (C=O) groups excluding carboxylic acids is 2. The van der Waals surface area contributed by atoms with Crippen LogP contribution in [0.25, 0.3) is 10.9 Å². The zero-order valence-corrected chi connectivity index (χ0v) is 13.2. The molecule has 0 saturated heterocycles. The van der Waals surface area contributed by atoms with Crippen LogP contribution in [0, 0.1) is 5.92 Å². The van der Waals surface area contributed by atoms with Crippen molar-refractivity contribution in [1.29, 1.82) is 0 Å². The molecule has 0 aliphatic carbocycles. The number of likely N-dealkylation sites (N-methyl/N-ethyl adjacent to an activating group) is 1. The van der Waals surface area contributed by atoms with Gasteiger partial charge < -0.3 is 20.5 Å². The molecule has 6 heteroatoms. The fourth-order valence-corrected chi connectivity index (χ4v) is 2.06. The van der Waals surface area contributed by atoms with Crippen LogP contribution in [0.3, 0.4) is 0 Å². The van der Waals surface area contributed by atoms with Gasteiger partial charge in [-0.25, -0.2) is 0 Å². The first-order valence-corrected chi connectivity index (χ1v) is 7.22. The van der Waals surface area contributed by atoms with Crippen LogP contribution >= 0.6 is 0 Å². The highest BCUT2D eigenvalue weighted by Crippen LogP contribution is 2.21. The number of hydrogen-bond donors (Lipinski definition) is 2. The number of aromatic nitrogens is 1. The number of fused-ring (bicyclic) bond motifs is 1. The van der Waals surface area contributed by atoms with Crippen LogP contribution in [0.4, 0.5) is 5.69 Å². The molecule has 0 aliphatic heterocycles. The van der Waals surface area contributed by atoms with Gasteiger partial charge in [0, 0.05) is 38.4 Å². The third kappa shape index (κ3) is 3.46. The topological polar surface area (TPSA) is 80.4 Å². The van der Waals surface area contributed by atoms with E-state index in [0.717, 1.165) is 10.9 Å². The van der Waals surface area contributed by atoms with Crippen LogP contribution in [0.2, 0.25) is 0 Å². The largest absolute Gasteiger partial charge is 0.347 e.